The minimum atomic E-state index is 0.544. The smallest absolute Gasteiger partial charge is 0.218 e. The highest BCUT2D eigenvalue weighted by molar-refractivity contribution is 5.19. The lowest BCUT2D eigenvalue weighted by Gasteiger charge is -2.17. The third-order valence-electron chi connectivity index (χ3n) is 3.88. The molecular weight excluding hydrogens is 176 g/mol. The van der Waals surface area contributed by atoms with Crippen LogP contribution in [-0.4, -0.2) is 14.8 Å². The van der Waals surface area contributed by atoms with Gasteiger partial charge in [-0.25, -0.2) is 4.68 Å². The molecule has 0 radical (unpaired) electrons. The molecule has 2 aliphatic rings. The van der Waals surface area contributed by atoms with Gasteiger partial charge in [-0.1, -0.05) is 6.42 Å². The molecular formula is C10H16N4. The van der Waals surface area contributed by atoms with Gasteiger partial charge in [-0.3, -0.25) is 0 Å². The molecule has 3 atom stereocenters. The molecule has 4 nitrogen and oxygen atoms in total. The van der Waals surface area contributed by atoms with Crippen LogP contribution in [0.2, 0.25) is 0 Å². The summed E-state index contributed by atoms with van der Waals surface area (Å²) in [5.74, 6) is 3.90. The molecule has 2 saturated carbocycles. The molecule has 76 valence electrons. The summed E-state index contributed by atoms with van der Waals surface area (Å²) >= 11 is 0. The van der Waals surface area contributed by atoms with Crippen molar-refractivity contribution in [2.75, 3.05) is 5.73 Å². The number of aromatic nitrogens is 3. The highest BCUT2D eigenvalue weighted by atomic mass is 15.4. The third kappa shape index (κ3) is 1.06. The van der Waals surface area contributed by atoms with Gasteiger partial charge in [-0.05, 0) is 31.1 Å². The van der Waals surface area contributed by atoms with E-state index in [9.17, 15) is 0 Å². The number of nitrogens with two attached hydrogens (primary N) is 1. The van der Waals surface area contributed by atoms with E-state index >= 15 is 0 Å². The Morgan fingerprint density at radius 1 is 1.36 bits per heavy atom. The summed E-state index contributed by atoms with van der Waals surface area (Å²) in [4.78, 5) is 4.34. The van der Waals surface area contributed by atoms with Crippen LogP contribution in [0.15, 0.2) is 0 Å². The molecule has 1 aromatic heterocycles. The molecule has 1 aromatic rings. The second-order valence-corrected chi connectivity index (χ2v) is 4.73. The Morgan fingerprint density at radius 2 is 2.21 bits per heavy atom. The van der Waals surface area contributed by atoms with Gasteiger partial charge >= 0.3 is 0 Å². The SMILES string of the molecule is Cn1nc(C2CC3CCC2C3)nc1N. The molecule has 2 N–H and O–H groups in total. The number of rotatable bonds is 1. The monoisotopic (exact) mass is 192 g/mol. The molecule has 3 rings (SSSR count). The maximum atomic E-state index is 5.70. The standard InChI is InChI=1S/C10H16N4/c1-14-10(11)12-9(13-14)8-5-6-2-3-7(8)4-6/h6-8H,2-5H2,1H3,(H2,11,12,13). The zero-order valence-corrected chi connectivity index (χ0v) is 8.48. The minimum absolute atomic E-state index is 0.544. The number of anilines is 1. The van der Waals surface area contributed by atoms with E-state index in [1.165, 1.54) is 25.7 Å². The van der Waals surface area contributed by atoms with Crippen molar-refractivity contribution in [2.24, 2.45) is 18.9 Å². The second-order valence-electron chi connectivity index (χ2n) is 4.73. The minimum Gasteiger partial charge on any atom is -0.368 e. The van der Waals surface area contributed by atoms with Crippen molar-refractivity contribution < 1.29 is 0 Å². The van der Waals surface area contributed by atoms with Gasteiger partial charge in [0, 0.05) is 13.0 Å². The highest BCUT2D eigenvalue weighted by Gasteiger charge is 2.42. The normalized spacial score (nSPS) is 35.4. The first-order valence-electron chi connectivity index (χ1n) is 5.40. The van der Waals surface area contributed by atoms with Crippen molar-refractivity contribution in [2.45, 2.75) is 31.6 Å². The van der Waals surface area contributed by atoms with E-state index in [1.54, 1.807) is 4.68 Å². The molecule has 3 unspecified atom stereocenters. The van der Waals surface area contributed by atoms with Crippen LogP contribution >= 0.6 is 0 Å². The lowest BCUT2D eigenvalue weighted by molar-refractivity contribution is 0.404. The van der Waals surface area contributed by atoms with Crippen LogP contribution in [0.25, 0.3) is 0 Å². The molecule has 1 heterocycles. The summed E-state index contributed by atoms with van der Waals surface area (Å²) in [5.41, 5.74) is 5.70. The fraction of sp³-hybridized carbons (Fsp3) is 0.800. The van der Waals surface area contributed by atoms with Crippen LogP contribution < -0.4 is 5.73 Å². The first kappa shape index (κ1) is 8.26. The van der Waals surface area contributed by atoms with Gasteiger partial charge in [-0.15, -0.1) is 0 Å². The van der Waals surface area contributed by atoms with Crippen LogP contribution in [0.1, 0.15) is 37.4 Å². The summed E-state index contributed by atoms with van der Waals surface area (Å²) in [6, 6.07) is 0. The Morgan fingerprint density at radius 3 is 2.71 bits per heavy atom. The molecule has 2 bridgehead atoms. The van der Waals surface area contributed by atoms with Crippen molar-refractivity contribution in [3.8, 4) is 0 Å². The maximum absolute atomic E-state index is 5.70. The number of hydrogen-bond acceptors (Lipinski definition) is 3. The average molecular weight is 192 g/mol. The number of nitrogens with zero attached hydrogens (tertiary/aromatic N) is 3. The predicted octanol–water partition coefficient (Wildman–Crippen LogP) is 1.30. The van der Waals surface area contributed by atoms with Crippen molar-refractivity contribution in [3.63, 3.8) is 0 Å². The van der Waals surface area contributed by atoms with E-state index in [4.69, 9.17) is 5.73 Å². The van der Waals surface area contributed by atoms with Crippen LogP contribution in [0, 0.1) is 11.8 Å². The van der Waals surface area contributed by atoms with Gasteiger partial charge in [0.05, 0.1) is 0 Å². The van der Waals surface area contributed by atoms with E-state index < -0.39 is 0 Å². The lowest BCUT2D eigenvalue weighted by Crippen LogP contribution is -2.10. The predicted molar refractivity (Wildman–Crippen MR) is 53.6 cm³/mol. The van der Waals surface area contributed by atoms with Crippen molar-refractivity contribution in [1.29, 1.82) is 0 Å². The van der Waals surface area contributed by atoms with E-state index in [-0.39, 0.29) is 0 Å². The third-order valence-corrected chi connectivity index (χ3v) is 3.88. The Hall–Kier alpha value is -1.06. The van der Waals surface area contributed by atoms with E-state index in [1.807, 2.05) is 7.05 Å². The zero-order valence-electron chi connectivity index (χ0n) is 8.48. The number of nitrogen functional groups attached to an aromatic ring is 1. The maximum Gasteiger partial charge on any atom is 0.218 e. The molecule has 0 saturated heterocycles. The number of aryl methyl sites for hydroxylation is 1. The molecule has 0 aromatic carbocycles. The summed E-state index contributed by atoms with van der Waals surface area (Å²) < 4.78 is 1.68. The molecule has 0 amide bonds. The van der Waals surface area contributed by atoms with E-state index in [0.29, 0.717) is 11.9 Å². The Bertz CT molecular complexity index is 338. The van der Waals surface area contributed by atoms with E-state index in [2.05, 4.69) is 10.1 Å². The Balaban J connectivity index is 1.89. The largest absolute Gasteiger partial charge is 0.368 e. The first-order valence-corrected chi connectivity index (χ1v) is 5.40. The zero-order chi connectivity index (χ0) is 9.71. The molecule has 0 aliphatic heterocycles. The fourth-order valence-corrected chi connectivity index (χ4v) is 3.14. The fourth-order valence-electron chi connectivity index (χ4n) is 3.14. The summed E-state index contributed by atoms with van der Waals surface area (Å²) in [7, 11) is 1.86. The summed E-state index contributed by atoms with van der Waals surface area (Å²) in [6.07, 6.45) is 5.47. The van der Waals surface area contributed by atoms with Crippen molar-refractivity contribution in [3.05, 3.63) is 5.82 Å². The molecule has 0 spiro atoms. The average Bonchev–Trinajstić information content (AvgIpc) is 2.82. The Labute approximate surface area is 83.5 Å². The quantitative estimate of drug-likeness (QED) is 0.729. The van der Waals surface area contributed by atoms with Gasteiger partial charge in [0.25, 0.3) is 0 Å². The molecule has 14 heavy (non-hydrogen) atoms. The first-order chi connectivity index (χ1) is 6.74. The Kier molecular flexibility index (Phi) is 1.60. The second kappa shape index (κ2) is 2.72. The van der Waals surface area contributed by atoms with Crippen molar-refractivity contribution >= 4 is 5.95 Å². The molecule has 2 aliphatic carbocycles. The van der Waals surface area contributed by atoms with Crippen LogP contribution in [0.4, 0.5) is 5.95 Å². The van der Waals surface area contributed by atoms with E-state index in [0.717, 1.165) is 17.7 Å². The van der Waals surface area contributed by atoms with Gasteiger partial charge in [0.2, 0.25) is 5.95 Å². The van der Waals surface area contributed by atoms with Gasteiger partial charge in [0.1, 0.15) is 0 Å². The van der Waals surface area contributed by atoms with Crippen LogP contribution in [0.3, 0.4) is 0 Å². The summed E-state index contributed by atoms with van der Waals surface area (Å²) in [5, 5.41) is 4.39. The van der Waals surface area contributed by atoms with Crippen molar-refractivity contribution in [1.82, 2.24) is 14.8 Å². The van der Waals surface area contributed by atoms with Gasteiger partial charge < -0.3 is 5.73 Å². The number of hydrogen-bond donors (Lipinski definition) is 1. The molecule has 4 heteroatoms. The van der Waals surface area contributed by atoms with Crippen LogP contribution in [0.5, 0.6) is 0 Å². The van der Waals surface area contributed by atoms with Crippen LogP contribution in [-0.2, 0) is 7.05 Å². The van der Waals surface area contributed by atoms with Gasteiger partial charge in [0.15, 0.2) is 5.82 Å². The van der Waals surface area contributed by atoms with Gasteiger partial charge in [-0.2, -0.15) is 10.1 Å². The number of fused-ring (bicyclic) bond motifs is 2. The molecule has 2 fully saturated rings. The summed E-state index contributed by atoms with van der Waals surface area (Å²) in [6.45, 7) is 0. The highest BCUT2D eigenvalue weighted by Crippen LogP contribution is 2.52. The lowest BCUT2D eigenvalue weighted by atomic mass is 9.88. The topological polar surface area (TPSA) is 56.7 Å².